The van der Waals surface area contributed by atoms with Gasteiger partial charge >= 0.3 is 11.9 Å². The lowest BCUT2D eigenvalue weighted by atomic mass is 10.1. The van der Waals surface area contributed by atoms with Crippen LogP contribution in [-0.4, -0.2) is 11.9 Å². The number of rotatable bonds is 6. The normalized spacial score (nSPS) is 10.1. The van der Waals surface area contributed by atoms with Gasteiger partial charge in [-0.25, -0.2) is 14.0 Å². The highest BCUT2D eigenvalue weighted by molar-refractivity contribution is 5.89. The van der Waals surface area contributed by atoms with E-state index in [0.717, 1.165) is 5.56 Å². The van der Waals surface area contributed by atoms with Gasteiger partial charge in [-0.2, -0.15) is 0 Å². The van der Waals surface area contributed by atoms with Gasteiger partial charge < -0.3 is 9.47 Å². The van der Waals surface area contributed by atoms with Gasteiger partial charge in [0.25, 0.3) is 0 Å². The molecule has 0 aliphatic heterocycles. The molecule has 2 rings (SSSR count). The molecule has 5 heteroatoms. The van der Waals surface area contributed by atoms with Crippen LogP contribution in [0.2, 0.25) is 0 Å². The Morgan fingerprint density at radius 2 is 1.58 bits per heavy atom. The van der Waals surface area contributed by atoms with Crippen molar-refractivity contribution in [3.05, 3.63) is 72.6 Å². The third-order valence-corrected chi connectivity index (χ3v) is 3.60. The zero-order valence-electron chi connectivity index (χ0n) is 14.7. The molecule has 0 amide bonds. The first kappa shape index (κ1) is 19.1. The van der Waals surface area contributed by atoms with E-state index in [1.54, 1.807) is 44.2 Å². The summed E-state index contributed by atoms with van der Waals surface area (Å²) in [5.41, 5.74) is 1.88. The van der Waals surface area contributed by atoms with Crippen LogP contribution in [0.1, 0.15) is 20.3 Å². The van der Waals surface area contributed by atoms with Crippen molar-refractivity contribution in [2.75, 3.05) is 0 Å². The number of halogens is 1. The van der Waals surface area contributed by atoms with E-state index in [0.29, 0.717) is 23.3 Å². The van der Waals surface area contributed by atoms with Crippen molar-refractivity contribution in [3.63, 3.8) is 0 Å². The Balaban J connectivity index is 2.16. The third kappa shape index (κ3) is 4.66. The minimum atomic E-state index is -0.655. The second-order valence-electron chi connectivity index (χ2n) is 5.69. The molecule has 2 aromatic rings. The number of carbonyl (C=O) groups excluding carboxylic acids is 2. The largest absolute Gasteiger partial charge is 0.423 e. The standard InChI is InChI=1S/C21H19FO4/c1-5-14(4)21(24)26-19-11-8-16(12-18(19)22)15-6-9-17(10-7-15)25-20(23)13(2)3/h6-12H,2,4-5H2,1,3H3. The van der Waals surface area contributed by atoms with Crippen LogP contribution in [0.15, 0.2) is 66.8 Å². The highest BCUT2D eigenvalue weighted by Crippen LogP contribution is 2.27. The fourth-order valence-corrected chi connectivity index (χ4v) is 1.99. The van der Waals surface area contributed by atoms with Gasteiger partial charge in [-0.3, -0.25) is 0 Å². The Bertz CT molecular complexity index is 866. The van der Waals surface area contributed by atoms with Gasteiger partial charge in [0.2, 0.25) is 0 Å². The van der Waals surface area contributed by atoms with Crippen molar-refractivity contribution in [1.82, 2.24) is 0 Å². The van der Waals surface area contributed by atoms with Crippen LogP contribution < -0.4 is 9.47 Å². The van der Waals surface area contributed by atoms with Crippen molar-refractivity contribution in [2.24, 2.45) is 0 Å². The van der Waals surface area contributed by atoms with Crippen molar-refractivity contribution in [3.8, 4) is 22.6 Å². The number of benzene rings is 2. The monoisotopic (exact) mass is 354 g/mol. The lowest BCUT2D eigenvalue weighted by Crippen LogP contribution is -2.10. The first-order chi connectivity index (χ1) is 12.3. The molecule has 0 aliphatic carbocycles. The molecule has 0 heterocycles. The van der Waals surface area contributed by atoms with Crippen LogP contribution >= 0.6 is 0 Å². The predicted molar refractivity (Wildman–Crippen MR) is 97.4 cm³/mol. The highest BCUT2D eigenvalue weighted by atomic mass is 19.1. The average molecular weight is 354 g/mol. The first-order valence-electron chi connectivity index (χ1n) is 7.99. The third-order valence-electron chi connectivity index (χ3n) is 3.60. The van der Waals surface area contributed by atoms with Gasteiger partial charge in [-0.15, -0.1) is 0 Å². The van der Waals surface area contributed by atoms with Crippen LogP contribution in [0.25, 0.3) is 11.1 Å². The Hall–Kier alpha value is -3.21. The number of hydrogen-bond acceptors (Lipinski definition) is 4. The summed E-state index contributed by atoms with van der Waals surface area (Å²) in [5.74, 6) is -1.60. The summed E-state index contributed by atoms with van der Waals surface area (Å²) in [7, 11) is 0. The Morgan fingerprint density at radius 3 is 2.12 bits per heavy atom. The van der Waals surface area contributed by atoms with E-state index in [2.05, 4.69) is 13.2 Å². The van der Waals surface area contributed by atoms with Gasteiger partial charge in [-0.05, 0) is 48.7 Å². The van der Waals surface area contributed by atoms with E-state index in [-0.39, 0.29) is 11.3 Å². The van der Waals surface area contributed by atoms with E-state index in [4.69, 9.17) is 9.47 Å². The lowest BCUT2D eigenvalue weighted by Gasteiger charge is -2.09. The van der Waals surface area contributed by atoms with E-state index in [1.807, 2.05) is 0 Å². The van der Waals surface area contributed by atoms with E-state index < -0.39 is 17.8 Å². The molecule has 0 radical (unpaired) electrons. The molecule has 0 saturated heterocycles. The maximum absolute atomic E-state index is 14.2. The zero-order valence-corrected chi connectivity index (χ0v) is 14.7. The molecular formula is C21H19FO4. The molecule has 0 aliphatic rings. The summed E-state index contributed by atoms with van der Waals surface area (Å²) in [6.07, 6.45) is 0.431. The molecule has 0 bridgehead atoms. The summed E-state index contributed by atoms with van der Waals surface area (Å²) in [6.45, 7) is 10.4. The maximum Gasteiger partial charge on any atom is 0.338 e. The zero-order chi connectivity index (χ0) is 19.3. The average Bonchev–Trinajstić information content (AvgIpc) is 2.63. The van der Waals surface area contributed by atoms with Gasteiger partial charge in [-0.1, -0.05) is 38.3 Å². The van der Waals surface area contributed by atoms with Crippen LogP contribution in [0.5, 0.6) is 11.5 Å². The molecule has 0 saturated carbocycles. The van der Waals surface area contributed by atoms with Gasteiger partial charge in [0.1, 0.15) is 5.75 Å². The van der Waals surface area contributed by atoms with Crippen LogP contribution in [0.3, 0.4) is 0 Å². The second-order valence-corrected chi connectivity index (χ2v) is 5.69. The number of ether oxygens (including phenoxy) is 2. The van der Waals surface area contributed by atoms with Crippen molar-refractivity contribution < 1.29 is 23.5 Å². The quantitative estimate of drug-likeness (QED) is 0.423. The number of esters is 2. The molecule has 134 valence electrons. The van der Waals surface area contributed by atoms with Crippen molar-refractivity contribution in [2.45, 2.75) is 20.3 Å². The van der Waals surface area contributed by atoms with Gasteiger partial charge in [0.05, 0.1) is 0 Å². The van der Waals surface area contributed by atoms with Crippen molar-refractivity contribution in [1.29, 1.82) is 0 Å². The summed E-state index contributed by atoms with van der Waals surface area (Å²) in [6, 6.07) is 10.9. The maximum atomic E-state index is 14.2. The Morgan fingerprint density at radius 1 is 0.962 bits per heavy atom. The Labute approximate surface area is 151 Å². The molecule has 0 fully saturated rings. The molecule has 0 spiro atoms. The first-order valence-corrected chi connectivity index (χ1v) is 7.99. The summed E-state index contributed by atoms with van der Waals surface area (Å²) in [4.78, 5) is 23.2. The summed E-state index contributed by atoms with van der Waals surface area (Å²) >= 11 is 0. The smallest absolute Gasteiger partial charge is 0.338 e. The van der Waals surface area contributed by atoms with E-state index in [9.17, 15) is 14.0 Å². The summed E-state index contributed by atoms with van der Waals surface area (Å²) in [5, 5.41) is 0. The molecule has 2 aromatic carbocycles. The fourth-order valence-electron chi connectivity index (χ4n) is 1.99. The van der Waals surface area contributed by atoms with Crippen LogP contribution in [0.4, 0.5) is 4.39 Å². The molecule has 4 nitrogen and oxygen atoms in total. The van der Waals surface area contributed by atoms with E-state index in [1.165, 1.54) is 12.1 Å². The SMILES string of the molecule is C=C(C)C(=O)Oc1ccc(-c2ccc(OC(=O)C(=C)CC)c(F)c2)cc1. The van der Waals surface area contributed by atoms with Gasteiger partial charge in [0.15, 0.2) is 11.6 Å². The molecular weight excluding hydrogens is 335 g/mol. The second kappa shape index (κ2) is 8.25. The van der Waals surface area contributed by atoms with Crippen LogP contribution in [0, 0.1) is 5.82 Å². The fraction of sp³-hybridized carbons (Fsp3) is 0.143. The predicted octanol–water partition coefficient (Wildman–Crippen LogP) is 4.85. The van der Waals surface area contributed by atoms with Crippen LogP contribution in [-0.2, 0) is 9.59 Å². The minimum absolute atomic E-state index is 0.152. The minimum Gasteiger partial charge on any atom is -0.423 e. The summed E-state index contributed by atoms with van der Waals surface area (Å²) < 4.78 is 24.3. The molecule has 0 N–H and O–H groups in total. The number of carbonyl (C=O) groups is 2. The number of hydrogen-bond donors (Lipinski definition) is 0. The molecule has 26 heavy (non-hydrogen) atoms. The van der Waals surface area contributed by atoms with Crippen molar-refractivity contribution >= 4 is 11.9 Å². The molecule has 0 unspecified atom stereocenters. The van der Waals surface area contributed by atoms with E-state index >= 15 is 0 Å². The lowest BCUT2D eigenvalue weighted by molar-refractivity contribution is -0.131. The molecule has 0 atom stereocenters. The molecule has 0 aromatic heterocycles. The highest BCUT2D eigenvalue weighted by Gasteiger charge is 2.13. The topological polar surface area (TPSA) is 52.6 Å². The Kier molecular flexibility index (Phi) is 6.07. The van der Waals surface area contributed by atoms with Gasteiger partial charge in [0, 0.05) is 11.1 Å².